The van der Waals surface area contributed by atoms with Crippen molar-refractivity contribution in [2.45, 2.75) is 0 Å². The predicted octanol–water partition coefficient (Wildman–Crippen LogP) is 13.7. The maximum atomic E-state index is 6.87. The lowest BCUT2D eigenvalue weighted by Crippen LogP contribution is -2.10. The van der Waals surface area contributed by atoms with Crippen LogP contribution in [0.4, 0.5) is 17.1 Å². The summed E-state index contributed by atoms with van der Waals surface area (Å²) in [5.41, 5.74) is 14.5. The van der Waals surface area contributed by atoms with Crippen molar-refractivity contribution in [2.75, 3.05) is 4.90 Å². The fourth-order valence-corrected chi connectivity index (χ4v) is 7.47. The number of hydrogen-bond donors (Lipinski definition) is 0. The highest BCUT2D eigenvalue weighted by atomic mass is 16.3. The SMILES string of the molecule is c1ccc(-c2ccc(-c3nc4ccccc4nc3-c3ccc(N(c4ccccc4)c4ccc(-c5ccccc5)cc4)c4oc5ccccc5c34)cc2)cc1. The number of benzene rings is 8. The Morgan fingerprint density at radius 1 is 0.370 bits per heavy atom. The standard InChI is InChI=1S/C50H33N3O/c1-4-14-34(15-5-1)36-24-26-38(27-25-36)48-49(52-44-22-12-11-21-43(44)51-48)42-32-33-45(50-47(42)41-20-10-13-23-46(41)54-50)53(39-18-8-3-9-19-39)40-30-28-37(29-31-40)35-16-6-2-7-17-35/h1-33H. The quantitative estimate of drug-likeness (QED) is 0.167. The summed E-state index contributed by atoms with van der Waals surface area (Å²) in [6.45, 7) is 0. The highest BCUT2D eigenvalue weighted by Crippen LogP contribution is 2.47. The molecular formula is C50H33N3O. The van der Waals surface area contributed by atoms with Crippen molar-refractivity contribution in [2.24, 2.45) is 0 Å². The highest BCUT2D eigenvalue weighted by molar-refractivity contribution is 6.17. The van der Waals surface area contributed by atoms with Gasteiger partial charge in [-0.15, -0.1) is 0 Å². The second-order valence-corrected chi connectivity index (χ2v) is 13.4. The Balaban J connectivity index is 1.19. The molecule has 0 amide bonds. The Morgan fingerprint density at radius 3 is 1.50 bits per heavy atom. The Kier molecular flexibility index (Phi) is 7.77. The van der Waals surface area contributed by atoms with Gasteiger partial charge in [0.1, 0.15) is 5.58 Å². The van der Waals surface area contributed by atoms with Crippen molar-refractivity contribution in [1.29, 1.82) is 0 Å². The first-order valence-electron chi connectivity index (χ1n) is 18.2. The molecule has 4 heteroatoms. The van der Waals surface area contributed by atoms with Gasteiger partial charge in [-0.2, -0.15) is 0 Å². The van der Waals surface area contributed by atoms with Crippen LogP contribution >= 0.6 is 0 Å². The van der Waals surface area contributed by atoms with E-state index in [-0.39, 0.29) is 0 Å². The number of anilines is 3. The van der Waals surface area contributed by atoms with Crippen molar-refractivity contribution < 1.29 is 4.42 Å². The summed E-state index contributed by atoms with van der Waals surface area (Å²) < 4.78 is 6.87. The third-order valence-corrected chi connectivity index (χ3v) is 10.1. The normalized spacial score (nSPS) is 11.3. The Bertz CT molecular complexity index is 2900. The Hall–Kier alpha value is -7.30. The van der Waals surface area contributed by atoms with Gasteiger partial charge in [0, 0.05) is 33.3 Å². The topological polar surface area (TPSA) is 42.2 Å². The zero-order chi connectivity index (χ0) is 35.8. The van der Waals surface area contributed by atoms with Crippen LogP contribution in [0.25, 0.3) is 77.7 Å². The van der Waals surface area contributed by atoms with Crippen LogP contribution in [0.3, 0.4) is 0 Å². The van der Waals surface area contributed by atoms with Gasteiger partial charge in [-0.1, -0.05) is 146 Å². The molecule has 54 heavy (non-hydrogen) atoms. The molecule has 0 spiro atoms. The second kappa shape index (κ2) is 13.4. The summed E-state index contributed by atoms with van der Waals surface area (Å²) in [6, 6.07) is 69.5. The summed E-state index contributed by atoms with van der Waals surface area (Å²) in [7, 11) is 0. The molecule has 0 unspecified atom stereocenters. The molecule has 2 aromatic heterocycles. The van der Waals surface area contributed by atoms with E-state index in [2.05, 4.69) is 150 Å². The largest absolute Gasteiger partial charge is 0.454 e. The lowest BCUT2D eigenvalue weighted by atomic mass is 9.96. The smallest absolute Gasteiger partial charge is 0.160 e. The Labute approximate surface area is 313 Å². The lowest BCUT2D eigenvalue weighted by molar-refractivity contribution is 0.669. The fourth-order valence-electron chi connectivity index (χ4n) is 7.47. The average Bonchev–Trinajstić information content (AvgIpc) is 3.65. The summed E-state index contributed by atoms with van der Waals surface area (Å²) in [5, 5.41) is 2.02. The number of fused-ring (bicyclic) bond motifs is 4. The molecule has 0 saturated carbocycles. The van der Waals surface area contributed by atoms with Gasteiger partial charge in [-0.3, -0.25) is 0 Å². The van der Waals surface area contributed by atoms with Gasteiger partial charge in [0.2, 0.25) is 0 Å². The van der Waals surface area contributed by atoms with Crippen molar-refractivity contribution in [3.63, 3.8) is 0 Å². The van der Waals surface area contributed by atoms with Crippen LogP contribution in [0.15, 0.2) is 205 Å². The molecule has 10 rings (SSSR count). The van der Waals surface area contributed by atoms with Gasteiger partial charge < -0.3 is 9.32 Å². The molecular weight excluding hydrogens is 659 g/mol. The van der Waals surface area contributed by atoms with Gasteiger partial charge >= 0.3 is 0 Å². The van der Waals surface area contributed by atoms with Crippen LogP contribution in [-0.4, -0.2) is 9.97 Å². The van der Waals surface area contributed by atoms with Crippen LogP contribution in [0, 0.1) is 0 Å². The molecule has 0 radical (unpaired) electrons. The van der Waals surface area contributed by atoms with Gasteiger partial charge in [-0.05, 0) is 76.9 Å². The zero-order valence-corrected chi connectivity index (χ0v) is 29.3. The number of para-hydroxylation sites is 4. The van der Waals surface area contributed by atoms with Gasteiger partial charge in [0.05, 0.1) is 28.1 Å². The van der Waals surface area contributed by atoms with Crippen molar-refractivity contribution in [3.8, 4) is 44.8 Å². The fraction of sp³-hybridized carbons (Fsp3) is 0. The summed E-state index contributed by atoms with van der Waals surface area (Å²) in [6.07, 6.45) is 0. The predicted molar refractivity (Wildman–Crippen MR) is 223 cm³/mol. The number of aromatic nitrogens is 2. The molecule has 8 aromatic carbocycles. The summed E-state index contributed by atoms with van der Waals surface area (Å²) >= 11 is 0. The van der Waals surface area contributed by atoms with Gasteiger partial charge in [-0.25, -0.2) is 9.97 Å². The molecule has 0 bridgehead atoms. The van der Waals surface area contributed by atoms with Crippen LogP contribution in [0.2, 0.25) is 0 Å². The first-order chi connectivity index (χ1) is 26.8. The molecule has 10 aromatic rings. The summed E-state index contributed by atoms with van der Waals surface area (Å²) in [5.74, 6) is 0. The molecule has 254 valence electrons. The molecule has 0 N–H and O–H groups in total. The highest BCUT2D eigenvalue weighted by Gasteiger charge is 2.24. The molecule has 0 aliphatic heterocycles. The van der Waals surface area contributed by atoms with Gasteiger partial charge in [0.15, 0.2) is 5.58 Å². The third kappa shape index (κ3) is 5.58. The first-order valence-corrected chi connectivity index (χ1v) is 18.2. The maximum Gasteiger partial charge on any atom is 0.160 e. The Morgan fingerprint density at radius 2 is 0.852 bits per heavy atom. The van der Waals surface area contributed by atoms with E-state index in [1.165, 1.54) is 11.1 Å². The average molecular weight is 692 g/mol. The number of furan rings is 1. The van der Waals surface area contributed by atoms with E-state index in [1.807, 2.05) is 54.6 Å². The van der Waals surface area contributed by atoms with Crippen LogP contribution in [-0.2, 0) is 0 Å². The molecule has 0 atom stereocenters. The second-order valence-electron chi connectivity index (χ2n) is 13.4. The van der Waals surface area contributed by atoms with E-state index >= 15 is 0 Å². The zero-order valence-electron chi connectivity index (χ0n) is 29.3. The van der Waals surface area contributed by atoms with Gasteiger partial charge in [0.25, 0.3) is 0 Å². The van der Waals surface area contributed by atoms with E-state index in [1.54, 1.807) is 0 Å². The molecule has 0 saturated heterocycles. The molecule has 2 heterocycles. The minimum absolute atomic E-state index is 0.782. The van der Waals surface area contributed by atoms with Crippen molar-refractivity contribution in [3.05, 3.63) is 200 Å². The maximum absolute atomic E-state index is 6.87. The first kappa shape index (κ1) is 31.4. The molecule has 0 aliphatic carbocycles. The number of hydrogen-bond acceptors (Lipinski definition) is 4. The van der Waals surface area contributed by atoms with E-state index < -0.39 is 0 Å². The van der Waals surface area contributed by atoms with E-state index in [4.69, 9.17) is 14.4 Å². The van der Waals surface area contributed by atoms with E-state index in [9.17, 15) is 0 Å². The van der Waals surface area contributed by atoms with E-state index in [0.29, 0.717) is 0 Å². The number of nitrogens with zero attached hydrogens (tertiary/aromatic N) is 3. The molecule has 0 aliphatic rings. The molecule has 4 nitrogen and oxygen atoms in total. The van der Waals surface area contributed by atoms with Crippen LogP contribution in [0.1, 0.15) is 0 Å². The minimum atomic E-state index is 0.782. The van der Waals surface area contributed by atoms with Crippen molar-refractivity contribution in [1.82, 2.24) is 9.97 Å². The van der Waals surface area contributed by atoms with Crippen LogP contribution in [0.5, 0.6) is 0 Å². The van der Waals surface area contributed by atoms with Crippen molar-refractivity contribution >= 4 is 50.0 Å². The monoisotopic (exact) mass is 691 g/mol. The van der Waals surface area contributed by atoms with E-state index in [0.717, 1.165) is 83.7 Å². The molecule has 0 fully saturated rings. The number of rotatable bonds is 7. The lowest BCUT2D eigenvalue weighted by Gasteiger charge is -2.26. The van der Waals surface area contributed by atoms with Crippen LogP contribution < -0.4 is 4.90 Å². The third-order valence-electron chi connectivity index (χ3n) is 10.1. The minimum Gasteiger partial charge on any atom is -0.454 e. The summed E-state index contributed by atoms with van der Waals surface area (Å²) in [4.78, 5) is 12.9.